The number of hydrogen-bond donors (Lipinski definition) is 2. The maximum atomic E-state index is 11.0. The average molecular weight is 238 g/mol. The summed E-state index contributed by atoms with van der Waals surface area (Å²) in [5.41, 5.74) is 0.138. The van der Waals surface area contributed by atoms with Gasteiger partial charge < -0.3 is 10.1 Å². The second-order valence-electron chi connectivity index (χ2n) is 2.61. The van der Waals surface area contributed by atoms with Crippen molar-refractivity contribution < 1.29 is 18.3 Å². The van der Waals surface area contributed by atoms with E-state index < -0.39 is 15.0 Å². The van der Waals surface area contributed by atoms with Crippen molar-refractivity contribution in [3.8, 4) is 0 Å². The number of hydrogen-bond acceptors (Lipinski definition) is 3. The molecule has 0 saturated heterocycles. The SMILES string of the molecule is CCc1c(C(=O)O)c[nH]c1S(=O)(=O)Cl. The third kappa shape index (κ3) is 1.91. The molecule has 1 aromatic heterocycles. The number of aromatic nitrogens is 1. The van der Waals surface area contributed by atoms with E-state index in [2.05, 4.69) is 4.98 Å². The maximum Gasteiger partial charge on any atom is 0.337 e. The summed E-state index contributed by atoms with van der Waals surface area (Å²) < 4.78 is 22.0. The molecule has 1 rings (SSSR count). The van der Waals surface area contributed by atoms with Gasteiger partial charge in [-0.15, -0.1) is 0 Å². The molecule has 0 aromatic carbocycles. The van der Waals surface area contributed by atoms with Gasteiger partial charge in [0.2, 0.25) is 0 Å². The highest BCUT2D eigenvalue weighted by molar-refractivity contribution is 8.13. The van der Waals surface area contributed by atoms with Crippen LogP contribution >= 0.6 is 10.7 Å². The van der Waals surface area contributed by atoms with Crippen molar-refractivity contribution in [2.75, 3.05) is 0 Å². The molecule has 0 unspecified atom stereocenters. The number of aromatic amines is 1. The van der Waals surface area contributed by atoms with E-state index in [0.29, 0.717) is 0 Å². The Balaban J connectivity index is 3.43. The predicted molar refractivity (Wildman–Crippen MR) is 50.2 cm³/mol. The van der Waals surface area contributed by atoms with Crippen LogP contribution in [-0.2, 0) is 15.5 Å². The molecular formula is C7H8ClNO4S. The van der Waals surface area contributed by atoms with E-state index in [4.69, 9.17) is 15.8 Å². The second-order valence-corrected chi connectivity index (χ2v) is 5.11. The van der Waals surface area contributed by atoms with Crippen molar-refractivity contribution >= 4 is 25.7 Å². The molecule has 0 aliphatic heterocycles. The van der Waals surface area contributed by atoms with Crippen molar-refractivity contribution in [2.45, 2.75) is 18.4 Å². The summed E-state index contributed by atoms with van der Waals surface area (Å²) in [6.07, 6.45) is 1.41. The number of carboxylic acids is 1. The molecule has 0 bridgehead atoms. The second kappa shape index (κ2) is 3.62. The van der Waals surface area contributed by atoms with Crippen molar-refractivity contribution in [3.63, 3.8) is 0 Å². The van der Waals surface area contributed by atoms with Gasteiger partial charge >= 0.3 is 5.97 Å². The fourth-order valence-electron chi connectivity index (χ4n) is 1.19. The van der Waals surface area contributed by atoms with Gasteiger partial charge in [0.05, 0.1) is 5.56 Å². The monoisotopic (exact) mass is 237 g/mol. The Hall–Kier alpha value is -1.01. The van der Waals surface area contributed by atoms with Crippen molar-refractivity contribution in [1.82, 2.24) is 4.98 Å². The largest absolute Gasteiger partial charge is 0.478 e. The fourth-order valence-corrected chi connectivity index (χ4v) is 2.35. The predicted octanol–water partition coefficient (Wildman–Crippen LogP) is 1.20. The molecule has 78 valence electrons. The lowest BCUT2D eigenvalue weighted by atomic mass is 10.1. The van der Waals surface area contributed by atoms with Gasteiger partial charge in [0.15, 0.2) is 5.03 Å². The number of halogens is 1. The van der Waals surface area contributed by atoms with Gasteiger partial charge in [-0.25, -0.2) is 13.2 Å². The Morgan fingerprint density at radius 2 is 2.21 bits per heavy atom. The van der Waals surface area contributed by atoms with E-state index in [1.807, 2.05) is 0 Å². The lowest BCUT2D eigenvalue weighted by Crippen LogP contribution is -2.01. The number of rotatable bonds is 3. The van der Waals surface area contributed by atoms with E-state index in [9.17, 15) is 13.2 Å². The van der Waals surface area contributed by atoms with Gasteiger partial charge in [-0.05, 0) is 6.42 Å². The summed E-state index contributed by atoms with van der Waals surface area (Å²) >= 11 is 0. The van der Waals surface area contributed by atoms with E-state index in [0.717, 1.165) is 6.20 Å². The Labute approximate surface area is 85.1 Å². The molecule has 14 heavy (non-hydrogen) atoms. The summed E-state index contributed by atoms with van der Waals surface area (Å²) in [6, 6.07) is 0. The van der Waals surface area contributed by atoms with Crippen molar-refractivity contribution in [3.05, 3.63) is 17.3 Å². The van der Waals surface area contributed by atoms with Gasteiger partial charge in [-0.3, -0.25) is 0 Å². The van der Waals surface area contributed by atoms with Crippen LogP contribution in [0.3, 0.4) is 0 Å². The third-order valence-electron chi connectivity index (χ3n) is 1.77. The topological polar surface area (TPSA) is 87.2 Å². The molecule has 7 heteroatoms. The van der Waals surface area contributed by atoms with Gasteiger partial charge in [-0.1, -0.05) is 6.92 Å². The number of carboxylic acid groups (broad SMARTS) is 1. The molecule has 0 saturated carbocycles. The first kappa shape index (κ1) is 11.1. The van der Waals surface area contributed by atoms with Gasteiger partial charge in [0.25, 0.3) is 9.05 Å². The smallest absolute Gasteiger partial charge is 0.337 e. The highest BCUT2D eigenvalue weighted by Crippen LogP contribution is 2.22. The molecule has 0 atom stereocenters. The molecule has 0 fully saturated rings. The van der Waals surface area contributed by atoms with Crippen LogP contribution < -0.4 is 0 Å². The summed E-state index contributed by atoms with van der Waals surface area (Å²) in [5.74, 6) is -1.18. The van der Waals surface area contributed by atoms with Crippen LogP contribution in [0, 0.1) is 0 Å². The summed E-state index contributed by atoms with van der Waals surface area (Å²) in [7, 11) is 1.20. The molecule has 0 amide bonds. The molecule has 1 heterocycles. The van der Waals surface area contributed by atoms with Gasteiger partial charge in [-0.2, -0.15) is 0 Å². The van der Waals surface area contributed by atoms with Crippen LogP contribution in [0.25, 0.3) is 0 Å². The van der Waals surface area contributed by atoms with Gasteiger partial charge in [0.1, 0.15) is 0 Å². The minimum Gasteiger partial charge on any atom is -0.478 e. The molecule has 0 spiro atoms. The number of nitrogens with one attached hydrogen (secondary N) is 1. The van der Waals surface area contributed by atoms with E-state index in [1.165, 1.54) is 0 Å². The molecular weight excluding hydrogens is 230 g/mol. The first-order valence-corrected chi connectivity index (χ1v) is 6.07. The Morgan fingerprint density at radius 1 is 1.64 bits per heavy atom. The molecule has 0 aliphatic carbocycles. The minimum absolute atomic E-state index is 0.0632. The summed E-state index contributed by atoms with van der Waals surface area (Å²) in [4.78, 5) is 13.0. The van der Waals surface area contributed by atoms with Crippen molar-refractivity contribution in [1.29, 1.82) is 0 Å². The van der Waals surface area contributed by atoms with Crippen molar-refractivity contribution in [2.24, 2.45) is 0 Å². The van der Waals surface area contributed by atoms with E-state index >= 15 is 0 Å². The molecule has 2 N–H and O–H groups in total. The van der Waals surface area contributed by atoms with Crippen LogP contribution in [-0.4, -0.2) is 24.5 Å². The average Bonchev–Trinajstić information content (AvgIpc) is 2.45. The molecule has 0 aliphatic rings. The number of H-pyrrole nitrogens is 1. The fraction of sp³-hybridized carbons (Fsp3) is 0.286. The zero-order chi connectivity index (χ0) is 10.9. The van der Waals surface area contributed by atoms with Crippen LogP contribution in [0.5, 0.6) is 0 Å². The number of aromatic carboxylic acids is 1. The van der Waals surface area contributed by atoms with Crippen LogP contribution in [0.15, 0.2) is 11.2 Å². The Morgan fingerprint density at radius 3 is 2.57 bits per heavy atom. The summed E-state index contributed by atoms with van der Waals surface area (Å²) in [6.45, 7) is 1.65. The lowest BCUT2D eigenvalue weighted by molar-refractivity contribution is 0.0696. The van der Waals surface area contributed by atoms with E-state index in [-0.39, 0.29) is 22.6 Å². The molecule has 0 radical (unpaired) electrons. The Kier molecular flexibility index (Phi) is 2.86. The van der Waals surface area contributed by atoms with Gasteiger partial charge in [0, 0.05) is 22.4 Å². The van der Waals surface area contributed by atoms with Crippen LogP contribution in [0.2, 0.25) is 0 Å². The lowest BCUT2D eigenvalue weighted by Gasteiger charge is -1.98. The molecule has 5 nitrogen and oxygen atoms in total. The highest BCUT2D eigenvalue weighted by atomic mass is 35.7. The van der Waals surface area contributed by atoms with Crippen LogP contribution in [0.1, 0.15) is 22.8 Å². The quantitative estimate of drug-likeness (QED) is 0.774. The number of carbonyl (C=O) groups is 1. The third-order valence-corrected chi connectivity index (χ3v) is 3.09. The summed E-state index contributed by atoms with van der Waals surface area (Å²) in [5, 5.41) is 8.48. The van der Waals surface area contributed by atoms with E-state index in [1.54, 1.807) is 6.92 Å². The molecule has 1 aromatic rings. The normalized spacial score (nSPS) is 11.6. The Bertz CT molecular complexity index is 462. The first-order chi connectivity index (χ1) is 6.38. The maximum absolute atomic E-state index is 11.0. The highest BCUT2D eigenvalue weighted by Gasteiger charge is 2.22. The van der Waals surface area contributed by atoms with Crippen LogP contribution in [0.4, 0.5) is 0 Å². The first-order valence-electron chi connectivity index (χ1n) is 3.76. The standard InChI is InChI=1S/C7H8ClNO4S/c1-2-4-5(7(10)11)3-9-6(4)14(8,12)13/h3,9H,2H2,1H3,(H,10,11). The minimum atomic E-state index is -3.90. The zero-order valence-corrected chi connectivity index (χ0v) is 8.82. The zero-order valence-electron chi connectivity index (χ0n) is 7.24.